The molecule has 0 bridgehead atoms. The van der Waals surface area contributed by atoms with E-state index in [0.717, 1.165) is 23.0 Å². The molecule has 0 saturated heterocycles. The fourth-order valence-electron chi connectivity index (χ4n) is 2.29. The van der Waals surface area contributed by atoms with Crippen molar-refractivity contribution in [2.75, 3.05) is 5.32 Å². The molecule has 0 heterocycles. The zero-order valence-electron chi connectivity index (χ0n) is 9.58. The quantitative estimate of drug-likeness (QED) is 0.890. The Kier molecular flexibility index (Phi) is 4.05. The maximum Gasteiger partial charge on any atom is 0.337 e. The molecule has 0 unspecified atom stereocenters. The SMILES string of the molecule is O=C(O)c1ccc(Br)cc1NC1CCCCC1. The van der Waals surface area contributed by atoms with Crippen LogP contribution in [0, 0.1) is 0 Å². The Morgan fingerprint density at radius 2 is 2.00 bits per heavy atom. The number of carbonyl (C=O) groups is 1. The van der Waals surface area contributed by atoms with Crippen LogP contribution in [0.15, 0.2) is 22.7 Å². The lowest BCUT2D eigenvalue weighted by Crippen LogP contribution is -2.23. The molecule has 1 aliphatic rings. The molecule has 1 saturated carbocycles. The molecule has 92 valence electrons. The third-order valence-corrected chi connectivity index (χ3v) is 3.67. The molecular formula is C13H16BrNO2. The molecule has 2 N–H and O–H groups in total. The van der Waals surface area contributed by atoms with E-state index in [-0.39, 0.29) is 0 Å². The molecule has 1 aromatic carbocycles. The van der Waals surface area contributed by atoms with Crippen molar-refractivity contribution in [3.63, 3.8) is 0 Å². The molecule has 0 aromatic heterocycles. The number of aromatic carboxylic acids is 1. The minimum atomic E-state index is -0.879. The van der Waals surface area contributed by atoms with Crippen LogP contribution in [-0.4, -0.2) is 17.1 Å². The molecule has 1 aliphatic carbocycles. The van der Waals surface area contributed by atoms with E-state index in [1.807, 2.05) is 6.07 Å². The zero-order chi connectivity index (χ0) is 12.3. The second-order valence-corrected chi connectivity index (χ2v) is 5.39. The highest BCUT2D eigenvalue weighted by molar-refractivity contribution is 9.10. The van der Waals surface area contributed by atoms with Gasteiger partial charge < -0.3 is 10.4 Å². The van der Waals surface area contributed by atoms with Crippen LogP contribution < -0.4 is 5.32 Å². The van der Waals surface area contributed by atoms with Gasteiger partial charge in [-0.15, -0.1) is 0 Å². The van der Waals surface area contributed by atoms with Crippen molar-refractivity contribution in [3.05, 3.63) is 28.2 Å². The summed E-state index contributed by atoms with van der Waals surface area (Å²) in [6.45, 7) is 0. The Balaban J connectivity index is 2.17. The van der Waals surface area contributed by atoms with Crippen molar-refractivity contribution in [2.45, 2.75) is 38.1 Å². The van der Waals surface area contributed by atoms with Crippen LogP contribution in [-0.2, 0) is 0 Å². The lowest BCUT2D eigenvalue weighted by molar-refractivity contribution is 0.0698. The number of halogens is 1. The molecule has 0 radical (unpaired) electrons. The van der Waals surface area contributed by atoms with Gasteiger partial charge in [-0.2, -0.15) is 0 Å². The number of hydrogen-bond donors (Lipinski definition) is 2. The van der Waals surface area contributed by atoms with Crippen molar-refractivity contribution < 1.29 is 9.90 Å². The Bertz CT molecular complexity index is 414. The van der Waals surface area contributed by atoms with Crippen LogP contribution in [0.2, 0.25) is 0 Å². The van der Waals surface area contributed by atoms with Gasteiger partial charge in [-0.25, -0.2) is 4.79 Å². The molecule has 3 nitrogen and oxygen atoms in total. The second-order valence-electron chi connectivity index (χ2n) is 4.47. The molecular weight excluding hydrogens is 282 g/mol. The molecule has 4 heteroatoms. The topological polar surface area (TPSA) is 49.3 Å². The van der Waals surface area contributed by atoms with Gasteiger partial charge in [0.1, 0.15) is 0 Å². The normalized spacial score (nSPS) is 16.8. The number of rotatable bonds is 3. The van der Waals surface area contributed by atoms with Crippen molar-refractivity contribution in [2.24, 2.45) is 0 Å². The van der Waals surface area contributed by atoms with Crippen LogP contribution in [0.4, 0.5) is 5.69 Å². The summed E-state index contributed by atoms with van der Waals surface area (Å²) in [7, 11) is 0. The van der Waals surface area contributed by atoms with Gasteiger partial charge in [0.05, 0.1) is 11.3 Å². The van der Waals surface area contributed by atoms with E-state index < -0.39 is 5.97 Å². The van der Waals surface area contributed by atoms with E-state index in [0.29, 0.717) is 11.6 Å². The fraction of sp³-hybridized carbons (Fsp3) is 0.462. The smallest absolute Gasteiger partial charge is 0.337 e. The van der Waals surface area contributed by atoms with Gasteiger partial charge in [0.2, 0.25) is 0 Å². The molecule has 1 aromatic rings. The van der Waals surface area contributed by atoms with Crippen LogP contribution in [0.25, 0.3) is 0 Å². The minimum Gasteiger partial charge on any atom is -0.478 e. The zero-order valence-corrected chi connectivity index (χ0v) is 11.2. The summed E-state index contributed by atoms with van der Waals surface area (Å²) in [5.41, 5.74) is 1.07. The lowest BCUT2D eigenvalue weighted by Gasteiger charge is -2.24. The number of benzene rings is 1. The third-order valence-electron chi connectivity index (χ3n) is 3.18. The van der Waals surface area contributed by atoms with Crippen molar-refractivity contribution in [1.29, 1.82) is 0 Å². The van der Waals surface area contributed by atoms with Gasteiger partial charge in [0.25, 0.3) is 0 Å². The summed E-state index contributed by atoms with van der Waals surface area (Å²) in [6, 6.07) is 5.65. The van der Waals surface area contributed by atoms with Gasteiger partial charge >= 0.3 is 5.97 Å². The maximum atomic E-state index is 11.1. The number of hydrogen-bond acceptors (Lipinski definition) is 2. The predicted octanol–water partition coefficient (Wildman–Crippen LogP) is 3.89. The average Bonchev–Trinajstić information content (AvgIpc) is 2.30. The van der Waals surface area contributed by atoms with Gasteiger partial charge in [-0.1, -0.05) is 35.2 Å². The maximum absolute atomic E-state index is 11.1. The number of anilines is 1. The number of nitrogens with one attached hydrogen (secondary N) is 1. The summed E-state index contributed by atoms with van der Waals surface area (Å²) in [5, 5.41) is 12.5. The monoisotopic (exact) mass is 297 g/mol. The first kappa shape index (κ1) is 12.4. The summed E-state index contributed by atoms with van der Waals surface area (Å²) in [6.07, 6.45) is 6.02. The summed E-state index contributed by atoms with van der Waals surface area (Å²) < 4.78 is 0.904. The molecule has 0 amide bonds. The van der Waals surface area contributed by atoms with E-state index in [1.165, 1.54) is 19.3 Å². The van der Waals surface area contributed by atoms with Gasteiger partial charge in [-0.05, 0) is 31.0 Å². The molecule has 2 rings (SSSR count). The Hall–Kier alpha value is -1.03. The van der Waals surface area contributed by atoms with Crippen molar-refractivity contribution >= 4 is 27.6 Å². The third kappa shape index (κ3) is 3.22. The van der Waals surface area contributed by atoms with Crippen molar-refractivity contribution in [3.8, 4) is 0 Å². The summed E-state index contributed by atoms with van der Waals surface area (Å²) in [5.74, 6) is -0.879. The molecule has 17 heavy (non-hydrogen) atoms. The van der Waals surface area contributed by atoms with E-state index in [2.05, 4.69) is 21.2 Å². The number of carboxylic acids is 1. The standard InChI is InChI=1S/C13H16BrNO2/c14-9-6-7-11(13(16)17)12(8-9)15-10-4-2-1-3-5-10/h6-8,10,15H,1-5H2,(H,16,17). The van der Waals surface area contributed by atoms with Crippen molar-refractivity contribution in [1.82, 2.24) is 0 Å². The first-order chi connectivity index (χ1) is 8.16. The van der Waals surface area contributed by atoms with E-state index in [9.17, 15) is 4.79 Å². The highest BCUT2D eigenvalue weighted by Gasteiger charge is 2.16. The summed E-state index contributed by atoms with van der Waals surface area (Å²) in [4.78, 5) is 11.1. The lowest BCUT2D eigenvalue weighted by atomic mass is 9.95. The van der Waals surface area contributed by atoms with E-state index in [1.54, 1.807) is 12.1 Å². The van der Waals surface area contributed by atoms with Crippen LogP contribution in [0.3, 0.4) is 0 Å². The minimum absolute atomic E-state index is 0.346. The molecule has 0 aliphatic heterocycles. The number of carboxylic acid groups (broad SMARTS) is 1. The molecule has 0 spiro atoms. The Morgan fingerprint density at radius 3 is 2.65 bits per heavy atom. The second kappa shape index (κ2) is 5.54. The Labute approximate surface area is 109 Å². The molecule has 1 fully saturated rings. The summed E-state index contributed by atoms with van der Waals surface area (Å²) >= 11 is 3.38. The highest BCUT2D eigenvalue weighted by atomic mass is 79.9. The Morgan fingerprint density at radius 1 is 1.29 bits per heavy atom. The highest BCUT2D eigenvalue weighted by Crippen LogP contribution is 2.26. The van der Waals surface area contributed by atoms with Gasteiger partial charge in [-0.3, -0.25) is 0 Å². The van der Waals surface area contributed by atoms with Crippen LogP contribution >= 0.6 is 15.9 Å². The average molecular weight is 298 g/mol. The van der Waals surface area contributed by atoms with Gasteiger partial charge in [0.15, 0.2) is 0 Å². The van der Waals surface area contributed by atoms with Crippen LogP contribution in [0.1, 0.15) is 42.5 Å². The first-order valence-corrected chi connectivity index (χ1v) is 6.75. The largest absolute Gasteiger partial charge is 0.478 e. The van der Waals surface area contributed by atoms with E-state index >= 15 is 0 Å². The van der Waals surface area contributed by atoms with E-state index in [4.69, 9.17) is 5.11 Å². The van der Waals surface area contributed by atoms with Gasteiger partial charge in [0, 0.05) is 10.5 Å². The van der Waals surface area contributed by atoms with Crippen LogP contribution in [0.5, 0.6) is 0 Å². The first-order valence-electron chi connectivity index (χ1n) is 5.96. The molecule has 0 atom stereocenters. The predicted molar refractivity (Wildman–Crippen MR) is 71.6 cm³/mol. The fourth-order valence-corrected chi connectivity index (χ4v) is 2.65.